The first-order valence-electron chi connectivity index (χ1n) is 12.6. The lowest BCUT2D eigenvalue weighted by molar-refractivity contribution is -0.132. The topological polar surface area (TPSA) is 180 Å². The Bertz CT molecular complexity index is 1600. The summed E-state index contributed by atoms with van der Waals surface area (Å²) in [5.41, 5.74) is -0.225. The van der Waals surface area contributed by atoms with E-state index < -0.39 is 35.8 Å². The fourth-order valence-electron chi connectivity index (χ4n) is 3.53. The van der Waals surface area contributed by atoms with Gasteiger partial charge in [0.1, 0.15) is 45.3 Å². The Kier molecular flexibility index (Phi) is 11.0. The van der Waals surface area contributed by atoms with Crippen LogP contribution < -0.4 is 18.9 Å². The average Bonchev–Trinajstić information content (AvgIpc) is 2.97. The van der Waals surface area contributed by atoms with Crippen molar-refractivity contribution in [1.29, 1.82) is 0 Å². The predicted octanol–water partition coefficient (Wildman–Crippen LogP) is 5.06. The van der Waals surface area contributed by atoms with Crippen LogP contribution in [0, 0.1) is 0 Å². The van der Waals surface area contributed by atoms with Crippen molar-refractivity contribution in [1.82, 2.24) is 0 Å². The smallest absolute Gasteiger partial charge is 0.347 e. The Morgan fingerprint density at radius 3 is 0.932 bits per heavy atom. The summed E-state index contributed by atoms with van der Waals surface area (Å²) in [4.78, 5) is 68.6. The van der Waals surface area contributed by atoms with E-state index in [0.717, 1.165) is 0 Å². The highest BCUT2D eigenvalue weighted by Crippen LogP contribution is 2.25. The molecule has 4 aromatic carbocycles. The standard InChI is InChI=1S/2C16H12O6/c2*1-10(17)21-14-9-5-3-7-12(14)16(20)22-13-8-4-2-6-11(13)15(18)19/h2*2-9H,1H3,(H,18,19). The summed E-state index contributed by atoms with van der Waals surface area (Å²) in [6, 6.07) is 23.6. The van der Waals surface area contributed by atoms with E-state index in [4.69, 9.17) is 29.2 Å². The second-order valence-corrected chi connectivity index (χ2v) is 8.56. The Morgan fingerprint density at radius 1 is 0.409 bits per heavy atom. The fraction of sp³-hybridized carbons (Fsp3) is 0.0625. The zero-order valence-electron chi connectivity index (χ0n) is 23.2. The second kappa shape index (κ2) is 15.1. The summed E-state index contributed by atoms with van der Waals surface area (Å²) >= 11 is 0. The number of rotatable bonds is 8. The van der Waals surface area contributed by atoms with Gasteiger partial charge in [0.05, 0.1) is 0 Å². The van der Waals surface area contributed by atoms with Gasteiger partial charge in [-0.3, -0.25) is 9.59 Å². The number of carboxylic acid groups (broad SMARTS) is 2. The van der Waals surface area contributed by atoms with Crippen molar-refractivity contribution in [2.24, 2.45) is 0 Å². The van der Waals surface area contributed by atoms with Crippen LogP contribution in [0.15, 0.2) is 97.1 Å². The van der Waals surface area contributed by atoms with E-state index in [2.05, 4.69) is 0 Å². The summed E-state index contributed by atoms with van der Waals surface area (Å²) < 4.78 is 20.1. The van der Waals surface area contributed by atoms with Crippen molar-refractivity contribution in [3.8, 4) is 23.0 Å². The number of benzene rings is 4. The molecule has 0 saturated carbocycles. The molecule has 44 heavy (non-hydrogen) atoms. The minimum absolute atomic E-state index is 0.0258. The lowest BCUT2D eigenvalue weighted by atomic mass is 10.2. The molecule has 224 valence electrons. The molecule has 0 unspecified atom stereocenters. The molecular weight excluding hydrogens is 576 g/mol. The molecule has 4 aromatic rings. The SMILES string of the molecule is CC(=O)Oc1ccccc1C(=O)Oc1ccccc1C(=O)O.CC(=O)Oc1ccccc1C(=O)Oc1ccccc1C(=O)O. The van der Waals surface area contributed by atoms with Crippen LogP contribution in [0.1, 0.15) is 55.3 Å². The van der Waals surface area contributed by atoms with Crippen LogP contribution in [0.2, 0.25) is 0 Å². The highest BCUT2D eigenvalue weighted by Gasteiger charge is 2.20. The third-order valence-corrected chi connectivity index (χ3v) is 5.36. The lowest BCUT2D eigenvalue weighted by Gasteiger charge is -2.10. The number of para-hydroxylation sites is 4. The quantitative estimate of drug-likeness (QED) is 0.203. The maximum atomic E-state index is 12.2. The van der Waals surface area contributed by atoms with Gasteiger partial charge in [-0.2, -0.15) is 0 Å². The van der Waals surface area contributed by atoms with Gasteiger partial charge in [-0.1, -0.05) is 48.5 Å². The van der Waals surface area contributed by atoms with Crippen molar-refractivity contribution >= 4 is 35.8 Å². The monoisotopic (exact) mass is 600 g/mol. The first kappa shape index (κ1) is 32.2. The van der Waals surface area contributed by atoms with Crippen molar-refractivity contribution < 1.29 is 57.9 Å². The average molecular weight is 601 g/mol. The maximum absolute atomic E-state index is 12.2. The summed E-state index contributed by atoms with van der Waals surface area (Å²) in [5, 5.41) is 18.1. The number of carbonyl (C=O) groups is 6. The molecule has 2 N–H and O–H groups in total. The molecule has 0 aliphatic rings. The molecule has 12 nitrogen and oxygen atoms in total. The first-order valence-corrected chi connectivity index (χ1v) is 12.6. The number of ether oxygens (including phenoxy) is 4. The van der Waals surface area contributed by atoms with Gasteiger partial charge in [0.2, 0.25) is 0 Å². The third kappa shape index (κ3) is 8.85. The summed E-state index contributed by atoms with van der Waals surface area (Å²) in [6.07, 6.45) is 0. The van der Waals surface area contributed by atoms with E-state index in [0.29, 0.717) is 0 Å². The van der Waals surface area contributed by atoms with Gasteiger partial charge in [0.15, 0.2) is 0 Å². The largest absolute Gasteiger partial charge is 0.478 e. The Labute approximate surface area is 250 Å². The van der Waals surface area contributed by atoms with E-state index in [1.54, 1.807) is 36.4 Å². The van der Waals surface area contributed by atoms with Crippen molar-refractivity contribution in [3.63, 3.8) is 0 Å². The van der Waals surface area contributed by atoms with Gasteiger partial charge in [-0.25, -0.2) is 19.2 Å². The highest BCUT2D eigenvalue weighted by molar-refractivity contribution is 5.98. The van der Waals surface area contributed by atoms with Gasteiger partial charge in [0, 0.05) is 13.8 Å². The molecule has 0 spiro atoms. The number of hydrogen-bond donors (Lipinski definition) is 2. The molecule has 0 radical (unpaired) electrons. The molecule has 0 bridgehead atoms. The van der Waals surface area contributed by atoms with Crippen LogP contribution in [0.4, 0.5) is 0 Å². The predicted molar refractivity (Wildman–Crippen MR) is 152 cm³/mol. The summed E-state index contributed by atoms with van der Waals surface area (Å²) in [5.74, 6) is -5.28. The zero-order valence-corrected chi connectivity index (χ0v) is 23.2. The van der Waals surface area contributed by atoms with Crippen molar-refractivity contribution in [2.75, 3.05) is 0 Å². The lowest BCUT2D eigenvalue weighted by Crippen LogP contribution is -2.14. The van der Waals surface area contributed by atoms with Crippen molar-refractivity contribution in [3.05, 3.63) is 119 Å². The van der Waals surface area contributed by atoms with Crippen LogP contribution in [0.3, 0.4) is 0 Å². The molecule has 0 fully saturated rings. The first-order chi connectivity index (χ1) is 21.0. The summed E-state index contributed by atoms with van der Waals surface area (Å²) in [7, 11) is 0. The minimum Gasteiger partial charge on any atom is -0.478 e. The Morgan fingerprint density at radius 2 is 0.659 bits per heavy atom. The molecule has 0 saturated heterocycles. The summed E-state index contributed by atoms with van der Waals surface area (Å²) in [6.45, 7) is 2.42. The van der Waals surface area contributed by atoms with Crippen LogP contribution in [0.5, 0.6) is 23.0 Å². The van der Waals surface area contributed by atoms with Crippen molar-refractivity contribution in [2.45, 2.75) is 13.8 Å². The second-order valence-electron chi connectivity index (χ2n) is 8.56. The van der Waals surface area contributed by atoms with Gasteiger partial charge in [-0.05, 0) is 48.5 Å². The molecule has 0 aliphatic heterocycles. The molecule has 0 atom stereocenters. The van der Waals surface area contributed by atoms with E-state index in [1.807, 2.05) is 0 Å². The fourth-order valence-corrected chi connectivity index (χ4v) is 3.53. The van der Waals surface area contributed by atoms with E-state index in [-0.39, 0.29) is 45.3 Å². The molecule has 4 rings (SSSR count). The van der Waals surface area contributed by atoms with Crippen LogP contribution in [-0.4, -0.2) is 46.0 Å². The van der Waals surface area contributed by atoms with E-state index >= 15 is 0 Å². The van der Waals surface area contributed by atoms with Gasteiger partial charge < -0.3 is 29.2 Å². The van der Waals surface area contributed by atoms with Gasteiger partial charge >= 0.3 is 35.8 Å². The molecule has 0 amide bonds. The number of carboxylic acids is 2. The Hall–Kier alpha value is -6.30. The number of hydrogen-bond acceptors (Lipinski definition) is 10. The number of carbonyl (C=O) groups excluding carboxylic acids is 4. The Balaban J connectivity index is 0.000000240. The molecule has 0 aromatic heterocycles. The van der Waals surface area contributed by atoms with Gasteiger partial charge in [-0.15, -0.1) is 0 Å². The molecule has 12 heteroatoms. The molecule has 0 heterocycles. The normalized spacial score (nSPS) is 9.86. The van der Waals surface area contributed by atoms with Crippen LogP contribution >= 0.6 is 0 Å². The van der Waals surface area contributed by atoms with Gasteiger partial charge in [0.25, 0.3) is 0 Å². The maximum Gasteiger partial charge on any atom is 0.347 e. The van der Waals surface area contributed by atoms with E-state index in [9.17, 15) is 28.8 Å². The van der Waals surface area contributed by atoms with Crippen LogP contribution in [-0.2, 0) is 9.59 Å². The van der Waals surface area contributed by atoms with Crippen LogP contribution in [0.25, 0.3) is 0 Å². The molecule has 0 aliphatic carbocycles. The highest BCUT2D eigenvalue weighted by atomic mass is 16.6. The number of aromatic carboxylic acids is 2. The third-order valence-electron chi connectivity index (χ3n) is 5.36. The minimum atomic E-state index is -1.21. The zero-order chi connectivity index (χ0) is 32.2. The van der Waals surface area contributed by atoms with E-state index in [1.165, 1.54) is 74.5 Å². The molecular formula is C32H24O12. The number of esters is 4.